The molecule has 0 spiro atoms. The molecular weight excluding hydrogens is 332 g/mol. The minimum Gasteiger partial charge on any atom is -0.493 e. The van der Waals surface area contributed by atoms with Gasteiger partial charge in [-0.1, -0.05) is 22.4 Å². The van der Waals surface area contributed by atoms with Crippen molar-refractivity contribution in [2.24, 2.45) is 5.73 Å². The number of hydrogen-bond acceptors (Lipinski definition) is 4. The van der Waals surface area contributed by atoms with E-state index in [2.05, 4.69) is 33.9 Å². The van der Waals surface area contributed by atoms with Gasteiger partial charge < -0.3 is 15.2 Å². The molecule has 116 valence electrons. The largest absolute Gasteiger partial charge is 0.493 e. The fourth-order valence-electron chi connectivity index (χ4n) is 3.31. The molecule has 1 saturated carbocycles. The van der Waals surface area contributed by atoms with Crippen molar-refractivity contribution in [3.63, 3.8) is 0 Å². The zero-order valence-corrected chi connectivity index (χ0v) is 14.3. The Hall–Kier alpha value is -0.780. The first-order valence-corrected chi connectivity index (χ1v) is 8.30. The lowest BCUT2D eigenvalue weighted by molar-refractivity contribution is 0.0344. The summed E-state index contributed by atoms with van der Waals surface area (Å²) in [5, 5.41) is 0. The van der Waals surface area contributed by atoms with Crippen molar-refractivity contribution < 1.29 is 9.47 Å². The van der Waals surface area contributed by atoms with E-state index in [0.717, 1.165) is 41.9 Å². The Morgan fingerprint density at radius 2 is 2.10 bits per heavy atom. The number of benzene rings is 1. The maximum absolute atomic E-state index is 6.27. The minimum absolute atomic E-state index is 0.0576. The molecule has 0 radical (unpaired) electrons. The molecule has 0 aromatic heterocycles. The fraction of sp³-hybridized carbons (Fsp3) is 0.625. The van der Waals surface area contributed by atoms with E-state index in [1.54, 1.807) is 7.11 Å². The third-order valence-electron chi connectivity index (χ3n) is 4.83. The van der Waals surface area contributed by atoms with Crippen LogP contribution >= 0.6 is 15.9 Å². The molecule has 4 nitrogen and oxygen atoms in total. The van der Waals surface area contributed by atoms with Crippen LogP contribution in [0.5, 0.6) is 11.5 Å². The molecule has 0 amide bonds. The first kappa shape index (κ1) is 15.1. The van der Waals surface area contributed by atoms with Crippen molar-refractivity contribution in [1.29, 1.82) is 0 Å². The average Bonchev–Trinajstić information content (AvgIpc) is 2.38. The van der Waals surface area contributed by atoms with Gasteiger partial charge in [-0.15, -0.1) is 0 Å². The van der Waals surface area contributed by atoms with E-state index in [-0.39, 0.29) is 11.5 Å². The standard InChI is InChI=1S/C16H23BrN2O2/c1-19-8-12(9-19)21-15-13(16(10-18)4-3-5-16)6-11(17)7-14(15)20-2/h6-7,12H,3-5,8-10,18H2,1-2H3. The van der Waals surface area contributed by atoms with Gasteiger partial charge in [0.2, 0.25) is 0 Å². The van der Waals surface area contributed by atoms with Gasteiger partial charge >= 0.3 is 0 Å². The summed E-state index contributed by atoms with van der Waals surface area (Å²) in [7, 11) is 3.80. The molecule has 2 N–H and O–H groups in total. The summed E-state index contributed by atoms with van der Waals surface area (Å²) < 4.78 is 12.9. The van der Waals surface area contributed by atoms with Crippen LogP contribution in [-0.2, 0) is 5.41 Å². The van der Waals surface area contributed by atoms with Crippen LogP contribution in [-0.4, -0.2) is 44.8 Å². The molecule has 21 heavy (non-hydrogen) atoms. The summed E-state index contributed by atoms with van der Waals surface area (Å²) in [5.41, 5.74) is 7.35. The second-order valence-corrected chi connectivity index (χ2v) is 7.20. The number of likely N-dealkylation sites (tertiary alicyclic amines) is 1. The Morgan fingerprint density at radius 3 is 2.57 bits per heavy atom. The number of halogens is 1. The van der Waals surface area contributed by atoms with Crippen LogP contribution in [0.4, 0.5) is 0 Å². The van der Waals surface area contributed by atoms with Gasteiger partial charge in [0, 0.05) is 35.1 Å². The van der Waals surface area contributed by atoms with Gasteiger partial charge in [-0.2, -0.15) is 0 Å². The molecule has 0 unspecified atom stereocenters. The lowest BCUT2D eigenvalue weighted by atomic mass is 9.64. The molecule has 1 aliphatic heterocycles. The molecule has 0 atom stereocenters. The number of ether oxygens (including phenoxy) is 2. The molecule has 1 aliphatic carbocycles. The molecule has 2 fully saturated rings. The van der Waals surface area contributed by atoms with Gasteiger partial charge in [-0.25, -0.2) is 0 Å². The molecule has 1 saturated heterocycles. The van der Waals surface area contributed by atoms with E-state index in [1.165, 1.54) is 12.0 Å². The Labute approximate surface area is 134 Å². The monoisotopic (exact) mass is 354 g/mol. The lowest BCUT2D eigenvalue weighted by Gasteiger charge is -2.44. The number of rotatable bonds is 5. The van der Waals surface area contributed by atoms with E-state index in [9.17, 15) is 0 Å². The van der Waals surface area contributed by atoms with E-state index in [1.807, 2.05) is 6.07 Å². The SMILES string of the molecule is COc1cc(Br)cc(C2(CN)CCC2)c1OC1CN(C)C1. The van der Waals surface area contributed by atoms with Gasteiger partial charge in [0.25, 0.3) is 0 Å². The van der Waals surface area contributed by atoms with E-state index in [4.69, 9.17) is 15.2 Å². The smallest absolute Gasteiger partial charge is 0.165 e. The zero-order valence-electron chi connectivity index (χ0n) is 12.7. The van der Waals surface area contributed by atoms with Crippen molar-refractivity contribution in [2.45, 2.75) is 30.8 Å². The van der Waals surface area contributed by atoms with Gasteiger partial charge in [0.05, 0.1) is 7.11 Å². The van der Waals surface area contributed by atoms with Crippen LogP contribution in [0.25, 0.3) is 0 Å². The quantitative estimate of drug-likeness (QED) is 0.882. The second kappa shape index (κ2) is 5.78. The Kier molecular flexibility index (Phi) is 4.17. The average molecular weight is 355 g/mol. The highest BCUT2D eigenvalue weighted by molar-refractivity contribution is 9.10. The predicted octanol–water partition coefficient (Wildman–Crippen LogP) is 2.53. The number of nitrogens with two attached hydrogens (primary N) is 1. The zero-order chi connectivity index (χ0) is 15.0. The summed E-state index contributed by atoms with van der Waals surface area (Å²) in [5.74, 6) is 1.69. The van der Waals surface area contributed by atoms with Gasteiger partial charge in [0.15, 0.2) is 11.5 Å². The third-order valence-corrected chi connectivity index (χ3v) is 5.29. The predicted molar refractivity (Wildman–Crippen MR) is 87.2 cm³/mol. The first-order valence-electron chi connectivity index (χ1n) is 7.51. The Morgan fingerprint density at radius 1 is 1.38 bits per heavy atom. The van der Waals surface area contributed by atoms with Crippen molar-refractivity contribution >= 4 is 15.9 Å². The van der Waals surface area contributed by atoms with Gasteiger partial charge in [0.1, 0.15) is 6.10 Å². The molecule has 1 heterocycles. The molecular formula is C16H23BrN2O2. The van der Waals surface area contributed by atoms with E-state index < -0.39 is 0 Å². The Bertz CT molecular complexity index is 520. The highest BCUT2D eigenvalue weighted by atomic mass is 79.9. The first-order chi connectivity index (χ1) is 10.1. The van der Waals surface area contributed by atoms with Crippen molar-refractivity contribution in [2.75, 3.05) is 33.8 Å². The Balaban J connectivity index is 1.98. The van der Waals surface area contributed by atoms with Crippen LogP contribution in [0.15, 0.2) is 16.6 Å². The van der Waals surface area contributed by atoms with Crippen molar-refractivity contribution in [3.05, 3.63) is 22.2 Å². The maximum atomic E-state index is 6.27. The van der Waals surface area contributed by atoms with Crippen LogP contribution in [0.3, 0.4) is 0 Å². The van der Waals surface area contributed by atoms with E-state index >= 15 is 0 Å². The summed E-state index contributed by atoms with van der Waals surface area (Å²) in [6.07, 6.45) is 3.74. The lowest BCUT2D eigenvalue weighted by Crippen LogP contribution is -2.52. The molecule has 5 heteroatoms. The molecule has 0 bridgehead atoms. The van der Waals surface area contributed by atoms with Crippen molar-refractivity contribution in [3.8, 4) is 11.5 Å². The van der Waals surface area contributed by atoms with Crippen LogP contribution in [0, 0.1) is 0 Å². The van der Waals surface area contributed by atoms with Crippen molar-refractivity contribution in [1.82, 2.24) is 4.90 Å². The maximum Gasteiger partial charge on any atom is 0.165 e. The fourth-order valence-corrected chi connectivity index (χ4v) is 3.74. The van der Waals surface area contributed by atoms with Crippen LogP contribution in [0.1, 0.15) is 24.8 Å². The third kappa shape index (κ3) is 2.67. The summed E-state index contributed by atoms with van der Waals surface area (Å²) in [4.78, 5) is 2.25. The van der Waals surface area contributed by atoms with Gasteiger partial charge in [-0.05, 0) is 32.0 Å². The summed E-state index contributed by atoms with van der Waals surface area (Å²) in [6.45, 7) is 2.59. The molecule has 1 aromatic rings. The number of likely N-dealkylation sites (N-methyl/N-ethyl adjacent to an activating group) is 1. The van der Waals surface area contributed by atoms with E-state index in [0.29, 0.717) is 6.54 Å². The minimum atomic E-state index is 0.0576. The normalized spacial score (nSPS) is 21.5. The highest BCUT2D eigenvalue weighted by Gasteiger charge is 2.41. The number of methoxy groups -OCH3 is 1. The molecule has 3 rings (SSSR count). The molecule has 1 aromatic carbocycles. The summed E-state index contributed by atoms with van der Waals surface area (Å²) in [6, 6.07) is 4.14. The van der Waals surface area contributed by atoms with Gasteiger partial charge in [-0.3, -0.25) is 4.90 Å². The molecule has 2 aliphatic rings. The number of nitrogens with zero attached hydrogens (tertiary/aromatic N) is 1. The number of hydrogen-bond donors (Lipinski definition) is 1. The highest BCUT2D eigenvalue weighted by Crippen LogP contribution is 2.50. The summed E-state index contributed by atoms with van der Waals surface area (Å²) >= 11 is 3.59. The van der Waals surface area contributed by atoms with Crippen LogP contribution in [0.2, 0.25) is 0 Å². The second-order valence-electron chi connectivity index (χ2n) is 6.28. The topological polar surface area (TPSA) is 47.7 Å². The van der Waals surface area contributed by atoms with Crippen LogP contribution < -0.4 is 15.2 Å².